The summed E-state index contributed by atoms with van der Waals surface area (Å²) in [4.78, 5) is 12.8. The standard InChI is InChI=1S/C61H61BN4O2/c1-58(2,3)38-23-26-43(27-24-38)65-49-37-45(64(41-19-15-13-16-20-41)42-21-17-14-18-22-42)28-30-48(49)62-54-50(65)34-40(60(7,8)9)35-51(54)66(56-55(62)63-57(68-56)61(10,11)12)44-29-32-53-47(36-44)46-33-39(59(4,5)6)25-31-52(46)67-53/h13-37H,1-12H3. The molecule has 0 N–H and O–H groups in total. The molecule has 0 bridgehead atoms. The number of rotatable bonds is 5. The van der Waals surface area contributed by atoms with E-state index in [2.05, 4.69) is 249 Å². The van der Waals surface area contributed by atoms with Crippen LogP contribution < -0.4 is 31.2 Å². The van der Waals surface area contributed by atoms with Gasteiger partial charge >= 0.3 is 0 Å². The molecule has 0 amide bonds. The van der Waals surface area contributed by atoms with Crippen molar-refractivity contribution in [3.63, 3.8) is 0 Å². The Balaban J connectivity index is 1.22. The first-order valence-corrected chi connectivity index (χ1v) is 24.2. The van der Waals surface area contributed by atoms with Crippen molar-refractivity contribution in [3.05, 3.63) is 174 Å². The van der Waals surface area contributed by atoms with Crippen LogP contribution in [0.15, 0.2) is 160 Å². The predicted octanol–water partition coefficient (Wildman–Crippen LogP) is 15.3. The summed E-state index contributed by atoms with van der Waals surface area (Å²) in [5.74, 6) is 1.46. The third-order valence-corrected chi connectivity index (χ3v) is 13.9. The molecule has 0 aliphatic carbocycles. The molecule has 0 saturated carbocycles. The topological polar surface area (TPSA) is 48.9 Å². The first-order valence-electron chi connectivity index (χ1n) is 24.2. The SMILES string of the molecule is CC(C)(C)c1ccc(N2c3cc(N(c4ccccc4)c4ccccc4)ccc3B3c4nc(C(C)(C)C)oc4N(c4ccc5oc6ccc(C(C)(C)C)cc6c5c4)c4cc(C(C)(C)C)cc2c43)cc1. The Kier molecular flexibility index (Phi) is 9.78. The zero-order valence-electron chi connectivity index (χ0n) is 41.6. The third kappa shape index (κ3) is 7.21. The average Bonchev–Trinajstić information content (AvgIpc) is 3.91. The third-order valence-electron chi connectivity index (χ3n) is 13.9. The molecule has 6 nitrogen and oxygen atoms in total. The second-order valence-corrected chi connectivity index (χ2v) is 23.0. The Morgan fingerprint density at radius 3 is 1.57 bits per heavy atom. The van der Waals surface area contributed by atoms with Crippen molar-refractivity contribution in [3.8, 4) is 0 Å². The highest BCUT2D eigenvalue weighted by molar-refractivity contribution is 6.99. The molecule has 68 heavy (non-hydrogen) atoms. The number of furan rings is 1. The fraction of sp³-hybridized carbons (Fsp3) is 0.262. The lowest BCUT2D eigenvalue weighted by atomic mass is 9.35. The number of anilines is 9. The Hall–Kier alpha value is -6.99. The van der Waals surface area contributed by atoms with Crippen LogP contribution in [0.5, 0.6) is 0 Å². The minimum atomic E-state index is -0.350. The second-order valence-electron chi connectivity index (χ2n) is 23.0. The van der Waals surface area contributed by atoms with Crippen molar-refractivity contribution in [1.29, 1.82) is 0 Å². The molecule has 0 radical (unpaired) electrons. The van der Waals surface area contributed by atoms with Gasteiger partial charge in [0.2, 0.25) is 11.8 Å². The zero-order valence-corrected chi connectivity index (χ0v) is 41.6. The summed E-state index contributed by atoms with van der Waals surface area (Å²) in [5.41, 5.74) is 16.9. The number of nitrogens with zero attached hydrogens (tertiary/aromatic N) is 4. The van der Waals surface area contributed by atoms with Crippen LogP contribution in [0.3, 0.4) is 0 Å². The van der Waals surface area contributed by atoms with Crippen LogP contribution >= 0.6 is 0 Å². The Morgan fingerprint density at radius 2 is 0.985 bits per heavy atom. The minimum Gasteiger partial charge on any atom is -0.456 e. The fourth-order valence-corrected chi connectivity index (χ4v) is 10.1. The molecule has 9 aromatic rings. The van der Waals surface area contributed by atoms with Gasteiger partial charge in [-0.05, 0) is 135 Å². The van der Waals surface area contributed by atoms with Crippen LogP contribution in [-0.2, 0) is 21.7 Å². The van der Waals surface area contributed by atoms with E-state index in [1.54, 1.807) is 0 Å². The summed E-state index contributed by atoms with van der Waals surface area (Å²) >= 11 is 0. The van der Waals surface area contributed by atoms with Crippen LogP contribution in [-0.4, -0.2) is 11.7 Å². The number of hydrogen-bond acceptors (Lipinski definition) is 6. The number of fused-ring (bicyclic) bond motifs is 7. The number of para-hydroxylation sites is 2. The largest absolute Gasteiger partial charge is 0.456 e. The van der Waals surface area contributed by atoms with Gasteiger partial charge in [0.1, 0.15) is 11.2 Å². The van der Waals surface area contributed by atoms with Crippen LogP contribution in [0.4, 0.5) is 51.4 Å². The molecule has 0 fully saturated rings. The van der Waals surface area contributed by atoms with Gasteiger partial charge < -0.3 is 18.6 Å². The molecule has 0 spiro atoms. The summed E-state index contributed by atoms with van der Waals surface area (Å²) in [6.45, 7) is 26.9. The van der Waals surface area contributed by atoms with E-state index in [0.29, 0.717) is 5.89 Å². The average molecular weight is 893 g/mol. The van der Waals surface area contributed by atoms with E-state index in [4.69, 9.17) is 13.8 Å². The van der Waals surface area contributed by atoms with Crippen molar-refractivity contribution in [2.75, 3.05) is 14.7 Å². The van der Waals surface area contributed by atoms with Crippen LogP contribution in [0.1, 0.15) is 106 Å². The van der Waals surface area contributed by atoms with Crippen molar-refractivity contribution in [1.82, 2.24) is 4.98 Å². The molecule has 0 atom stereocenters. The lowest BCUT2D eigenvalue weighted by Crippen LogP contribution is -2.62. The van der Waals surface area contributed by atoms with Crippen molar-refractivity contribution >= 4 is 96.6 Å². The molecule has 2 aromatic heterocycles. The first kappa shape index (κ1) is 43.6. The van der Waals surface area contributed by atoms with Gasteiger partial charge in [0.05, 0.1) is 5.59 Å². The van der Waals surface area contributed by atoms with E-state index in [1.165, 1.54) is 27.6 Å². The van der Waals surface area contributed by atoms with Gasteiger partial charge in [-0.15, -0.1) is 0 Å². The Labute approximate surface area is 402 Å². The molecule has 340 valence electrons. The number of oxazole rings is 1. The molecule has 4 heterocycles. The number of aromatic nitrogens is 1. The highest BCUT2D eigenvalue weighted by Gasteiger charge is 2.48. The minimum absolute atomic E-state index is 0.00186. The van der Waals surface area contributed by atoms with Crippen LogP contribution in [0.25, 0.3) is 21.9 Å². The molecular weight excluding hydrogens is 832 g/mol. The summed E-state index contributed by atoms with van der Waals surface area (Å²) < 4.78 is 13.7. The van der Waals surface area contributed by atoms with E-state index in [0.717, 1.165) is 78.9 Å². The number of hydrogen-bond donors (Lipinski definition) is 0. The van der Waals surface area contributed by atoms with E-state index < -0.39 is 0 Å². The lowest BCUT2D eigenvalue weighted by Gasteiger charge is -2.43. The van der Waals surface area contributed by atoms with Crippen molar-refractivity contribution in [2.45, 2.75) is 105 Å². The summed E-state index contributed by atoms with van der Waals surface area (Å²) in [6.07, 6.45) is 0. The summed E-state index contributed by atoms with van der Waals surface area (Å²) in [5, 5.41) is 2.18. The molecule has 2 aliphatic heterocycles. The molecule has 2 aliphatic rings. The van der Waals surface area contributed by atoms with E-state index in [1.807, 2.05) is 0 Å². The highest BCUT2D eigenvalue weighted by atomic mass is 16.4. The van der Waals surface area contributed by atoms with Gasteiger partial charge in [-0.1, -0.05) is 144 Å². The Morgan fingerprint density at radius 1 is 0.441 bits per heavy atom. The first-order chi connectivity index (χ1) is 32.2. The maximum atomic E-state index is 7.18. The van der Waals surface area contributed by atoms with E-state index in [9.17, 15) is 0 Å². The fourth-order valence-electron chi connectivity index (χ4n) is 10.1. The normalized spacial score (nSPS) is 13.8. The van der Waals surface area contributed by atoms with Crippen molar-refractivity contribution < 1.29 is 8.83 Å². The molecule has 0 saturated heterocycles. The monoisotopic (exact) mass is 892 g/mol. The van der Waals surface area contributed by atoms with Crippen LogP contribution in [0.2, 0.25) is 0 Å². The predicted molar refractivity (Wildman–Crippen MR) is 287 cm³/mol. The van der Waals surface area contributed by atoms with Crippen molar-refractivity contribution in [2.24, 2.45) is 0 Å². The van der Waals surface area contributed by atoms with E-state index >= 15 is 0 Å². The van der Waals surface area contributed by atoms with Gasteiger partial charge in [0.15, 0.2) is 0 Å². The highest BCUT2D eigenvalue weighted by Crippen LogP contribution is 2.49. The smallest absolute Gasteiger partial charge is 0.279 e. The summed E-state index contributed by atoms with van der Waals surface area (Å²) in [7, 11) is 0. The molecular formula is C61H61BN4O2. The van der Waals surface area contributed by atoms with Gasteiger partial charge in [0, 0.05) is 61.7 Å². The number of benzene rings is 7. The van der Waals surface area contributed by atoms with Gasteiger partial charge in [-0.2, -0.15) is 0 Å². The van der Waals surface area contributed by atoms with Crippen LogP contribution in [0, 0.1) is 0 Å². The zero-order chi connectivity index (χ0) is 47.7. The van der Waals surface area contributed by atoms with Gasteiger partial charge in [-0.3, -0.25) is 4.90 Å². The lowest BCUT2D eigenvalue weighted by molar-refractivity contribution is 0.397. The second kappa shape index (κ2) is 15.3. The quantitative estimate of drug-likeness (QED) is 0.160. The molecule has 11 rings (SSSR count). The molecule has 7 aromatic carbocycles. The molecule has 7 heteroatoms. The Bertz CT molecular complexity index is 3360. The summed E-state index contributed by atoms with van der Waals surface area (Å²) in [6, 6.07) is 55.7. The maximum Gasteiger partial charge on any atom is 0.279 e. The van der Waals surface area contributed by atoms with E-state index in [-0.39, 0.29) is 28.4 Å². The molecule has 0 unspecified atom stereocenters. The van der Waals surface area contributed by atoms with Gasteiger partial charge in [0.25, 0.3) is 6.71 Å². The van der Waals surface area contributed by atoms with Gasteiger partial charge in [-0.25, -0.2) is 4.98 Å². The maximum absolute atomic E-state index is 7.18.